The number of Topliss-reactive ketones (excluding diaryl/α,β-unsaturated/α-hetero) is 1. The third-order valence-corrected chi connectivity index (χ3v) is 6.81. The van der Waals surface area contributed by atoms with E-state index in [4.69, 9.17) is 0 Å². The summed E-state index contributed by atoms with van der Waals surface area (Å²) in [6, 6.07) is 4.51. The number of hydrogen-bond acceptors (Lipinski definition) is 7. The summed E-state index contributed by atoms with van der Waals surface area (Å²) in [6.07, 6.45) is 11.8. The quantitative estimate of drug-likeness (QED) is 0.445. The molecular weight excluding hydrogens is 408 g/mol. The maximum Gasteiger partial charge on any atom is 0.180 e. The number of piperidine rings is 1. The number of carbonyl (C=O) groups is 1. The SMILES string of the molecule is Cc1ncc(C(=O)Cc2cc3cc(-c4cnn(C5CCN(C)CC5)c4)cnc3cn2)s1. The van der Waals surface area contributed by atoms with Crippen LogP contribution in [-0.2, 0) is 6.42 Å². The Morgan fingerprint density at radius 1 is 1.06 bits per heavy atom. The van der Waals surface area contributed by atoms with Crippen molar-refractivity contribution in [1.82, 2.24) is 29.6 Å². The van der Waals surface area contributed by atoms with Gasteiger partial charge in [-0.15, -0.1) is 11.3 Å². The lowest BCUT2D eigenvalue weighted by Crippen LogP contribution is -2.31. The van der Waals surface area contributed by atoms with E-state index in [-0.39, 0.29) is 12.2 Å². The minimum Gasteiger partial charge on any atom is -0.306 e. The van der Waals surface area contributed by atoms with Gasteiger partial charge in [-0.25, -0.2) is 4.98 Å². The molecule has 4 aromatic rings. The van der Waals surface area contributed by atoms with Crippen molar-refractivity contribution in [3.8, 4) is 11.1 Å². The highest BCUT2D eigenvalue weighted by molar-refractivity contribution is 7.13. The molecule has 0 radical (unpaired) electrons. The summed E-state index contributed by atoms with van der Waals surface area (Å²) in [5.74, 6) is 0.0426. The number of carbonyl (C=O) groups excluding carboxylic acids is 1. The number of hydrogen-bond donors (Lipinski definition) is 0. The van der Waals surface area contributed by atoms with Gasteiger partial charge in [0, 0.05) is 40.8 Å². The molecule has 0 bridgehead atoms. The number of thiazole rings is 1. The molecule has 5 rings (SSSR count). The molecule has 0 aliphatic carbocycles. The largest absolute Gasteiger partial charge is 0.306 e. The summed E-state index contributed by atoms with van der Waals surface area (Å²) >= 11 is 1.42. The lowest BCUT2D eigenvalue weighted by molar-refractivity contribution is 0.0995. The number of ketones is 1. The molecule has 31 heavy (non-hydrogen) atoms. The van der Waals surface area contributed by atoms with Crippen LogP contribution in [0.5, 0.6) is 0 Å². The topological polar surface area (TPSA) is 76.8 Å². The first-order chi connectivity index (χ1) is 15.0. The van der Waals surface area contributed by atoms with E-state index in [0.717, 1.165) is 58.7 Å². The third kappa shape index (κ3) is 4.26. The van der Waals surface area contributed by atoms with Crippen LogP contribution in [0.1, 0.15) is 39.3 Å². The summed E-state index contributed by atoms with van der Waals surface area (Å²) < 4.78 is 2.10. The zero-order chi connectivity index (χ0) is 21.4. The Bertz CT molecular complexity index is 1240. The second-order valence-electron chi connectivity index (χ2n) is 8.18. The van der Waals surface area contributed by atoms with Gasteiger partial charge in [-0.3, -0.25) is 19.4 Å². The van der Waals surface area contributed by atoms with Crippen molar-refractivity contribution < 1.29 is 4.79 Å². The molecule has 1 aliphatic heterocycles. The van der Waals surface area contributed by atoms with Crippen molar-refractivity contribution in [2.75, 3.05) is 20.1 Å². The Labute approximate surface area is 184 Å². The van der Waals surface area contributed by atoms with Gasteiger partial charge < -0.3 is 4.90 Å². The smallest absolute Gasteiger partial charge is 0.180 e. The maximum atomic E-state index is 12.5. The second-order valence-corrected chi connectivity index (χ2v) is 9.41. The van der Waals surface area contributed by atoms with E-state index >= 15 is 0 Å². The van der Waals surface area contributed by atoms with Gasteiger partial charge in [0.25, 0.3) is 0 Å². The summed E-state index contributed by atoms with van der Waals surface area (Å²) in [7, 11) is 2.17. The van der Waals surface area contributed by atoms with Gasteiger partial charge in [0.05, 0.1) is 40.3 Å². The molecular formula is C23H24N6OS. The standard InChI is InChI=1S/C23H24N6OS/c1-15-24-13-23(31-15)22(30)9-19-8-16-7-17(10-26-21(16)12-25-19)18-11-27-29(14-18)20-3-5-28(2)6-4-20/h7-8,10-14,20H,3-6,9H2,1-2H3. The highest BCUT2D eigenvalue weighted by atomic mass is 32.1. The first kappa shape index (κ1) is 20.0. The van der Waals surface area contributed by atoms with Crippen LogP contribution in [0.4, 0.5) is 0 Å². The number of aryl methyl sites for hydroxylation is 1. The Kier molecular flexibility index (Phi) is 5.33. The van der Waals surface area contributed by atoms with Crippen LogP contribution in [0.15, 0.2) is 43.1 Å². The molecule has 158 valence electrons. The van der Waals surface area contributed by atoms with Crippen molar-refractivity contribution in [3.05, 3.63) is 58.7 Å². The van der Waals surface area contributed by atoms with E-state index < -0.39 is 0 Å². The van der Waals surface area contributed by atoms with Crippen molar-refractivity contribution in [2.24, 2.45) is 0 Å². The van der Waals surface area contributed by atoms with Crippen molar-refractivity contribution in [3.63, 3.8) is 0 Å². The number of fused-ring (bicyclic) bond motifs is 1. The number of likely N-dealkylation sites (tertiary alicyclic amines) is 1. The van der Waals surface area contributed by atoms with Crippen LogP contribution in [0.25, 0.3) is 22.0 Å². The van der Waals surface area contributed by atoms with Gasteiger partial charge in [-0.2, -0.15) is 5.10 Å². The molecule has 7 nitrogen and oxygen atoms in total. The summed E-state index contributed by atoms with van der Waals surface area (Å²) in [4.78, 5) is 28.7. The van der Waals surface area contributed by atoms with E-state index in [1.54, 1.807) is 12.4 Å². The summed E-state index contributed by atoms with van der Waals surface area (Å²) in [5.41, 5.74) is 3.64. The summed E-state index contributed by atoms with van der Waals surface area (Å²) in [6.45, 7) is 4.11. The van der Waals surface area contributed by atoms with Gasteiger partial charge in [0.1, 0.15) is 0 Å². The van der Waals surface area contributed by atoms with Gasteiger partial charge in [-0.1, -0.05) is 0 Å². The van der Waals surface area contributed by atoms with Crippen LogP contribution >= 0.6 is 11.3 Å². The molecule has 8 heteroatoms. The maximum absolute atomic E-state index is 12.5. The highest BCUT2D eigenvalue weighted by Crippen LogP contribution is 2.26. The fourth-order valence-electron chi connectivity index (χ4n) is 4.02. The van der Waals surface area contributed by atoms with Crippen LogP contribution < -0.4 is 0 Å². The molecule has 0 N–H and O–H groups in total. The van der Waals surface area contributed by atoms with E-state index in [9.17, 15) is 4.79 Å². The average molecular weight is 433 g/mol. The van der Waals surface area contributed by atoms with E-state index in [2.05, 4.69) is 48.9 Å². The van der Waals surface area contributed by atoms with Crippen LogP contribution in [0.2, 0.25) is 0 Å². The second kappa shape index (κ2) is 8.28. The number of pyridine rings is 2. The Morgan fingerprint density at radius 2 is 1.90 bits per heavy atom. The van der Waals surface area contributed by atoms with Crippen molar-refractivity contribution in [2.45, 2.75) is 32.2 Å². The number of aromatic nitrogens is 5. The minimum absolute atomic E-state index is 0.0426. The Morgan fingerprint density at radius 3 is 2.68 bits per heavy atom. The molecule has 1 fully saturated rings. The van der Waals surface area contributed by atoms with E-state index in [1.807, 2.05) is 25.4 Å². The van der Waals surface area contributed by atoms with Crippen LogP contribution in [0, 0.1) is 6.92 Å². The molecule has 1 aliphatic rings. The zero-order valence-corrected chi connectivity index (χ0v) is 18.5. The Balaban J connectivity index is 1.37. The van der Waals surface area contributed by atoms with Gasteiger partial charge >= 0.3 is 0 Å². The predicted octanol–water partition coefficient (Wildman–Crippen LogP) is 3.95. The lowest BCUT2D eigenvalue weighted by atomic mass is 10.1. The minimum atomic E-state index is 0.0426. The molecule has 4 aromatic heterocycles. The first-order valence-corrected chi connectivity index (χ1v) is 11.3. The monoisotopic (exact) mass is 432 g/mol. The molecule has 1 saturated heterocycles. The normalized spacial score (nSPS) is 15.5. The van der Waals surface area contributed by atoms with Crippen LogP contribution in [-0.4, -0.2) is 55.6 Å². The van der Waals surface area contributed by atoms with Gasteiger partial charge in [0.2, 0.25) is 0 Å². The number of rotatable bonds is 5. The summed E-state index contributed by atoms with van der Waals surface area (Å²) in [5, 5.41) is 6.49. The first-order valence-electron chi connectivity index (χ1n) is 10.5. The molecule has 0 saturated carbocycles. The lowest BCUT2D eigenvalue weighted by Gasteiger charge is -2.28. The zero-order valence-electron chi connectivity index (χ0n) is 17.7. The van der Waals surface area contributed by atoms with Crippen molar-refractivity contribution >= 4 is 28.0 Å². The molecule has 0 atom stereocenters. The van der Waals surface area contributed by atoms with E-state index in [1.165, 1.54) is 11.3 Å². The van der Waals surface area contributed by atoms with Gasteiger partial charge in [-0.05, 0) is 52.0 Å². The fraction of sp³-hybridized carbons (Fsp3) is 0.348. The average Bonchev–Trinajstić information content (AvgIpc) is 3.43. The number of nitrogens with zero attached hydrogens (tertiary/aromatic N) is 6. The molecule has 0 amide bonds. The predicted molar refractivity (Wildman–Crippen MR) is 121 cm³/mol. The molecule has 5 heterocycles. The highest BCUT2D eigenvalue weighted by Gasteiger charge is 2.19. The molecule has 0 aromatic carbocycles. The molecule has 0 spiro atoms. The third-order valence-electron chi connectivity index (χ3n) is 5.86. The van der Waals surface area contributed by atoms with Crippen molar-refractivity contribution in [1.29, 1.82) is 0 Å². The van der Waals surface area contributed by atoms with Crippen LogP contribution in [0.3, 0.4) is 0 Å². The fourth-order valence-corrected chi connectivity index (χ4v) is 4.73. The Hall–Kier alpha value is -2.97. The molecule has 0 unspecified atom stereocenters. The van der Waals surface area contributed by atoms with Gasteiger partial charge in [0.15, 0.2) is 5.78 Å². The van der Waals surface area contributed by atoms with E-state index in [0.29, 0.717) is 10.9 Å².